The van der Waals surface area contributed by atoms with Crippen LogP contribution in [0.3, 0.4) is 0 Å². The second-order valence-electron chi connectivity index (χ2n) is 6.52. The van der Waals surface area contributed by atoms with E-state index in [1.165, 1.54) is 71.1 Å². The maximum absolute atomic E-state index is 3.76. The van der Waals surface area contributed by atoms with Crippen molar-refractivity contribution < 1.29 is 0 Å². The maximum atomic E-state index is 3.76. The Morgan fingerprint density at radius 1 is 0.941 bits per heavy atom. The fraction of sp³-hybridized carbons (Fsp3) is 1.00. The predicted octanol–water partition coefficient (Wildman–Crippen LogP) is 2.40. The first-order valence-electron chi connectivity index (χ1n) is 7.85. The van der Waals surface area contributed by atoms with E-state index in [1.807, 2.05) is 0 Å². The van der Waals surface area contributed by atoms with Gasteiger partial charge >= 0.3 is 0 Å². The molecular weight excluding hydrogens is 208 g/mol. The number of piperidine rings is 1. The van der Waals surface area contributed by atoms with E-state index in [1.54, 1.807) is 0 Å². The summed E-state index contributed by atoms with van der Waals surface area (Å²) in [5.74, 6) is 4.25. The summed E-state index contributed by atoms with van der Waals surface area (Å²) in [7, 11) is 0. The fourth-order valence-electron chi connectivity index (χ4n) is 3.51. The Labute approximate surface area is 106 Å². The number of rotatable bonds is 7. The summed E-state index contributed by atoms with van der Waals surface area (Å²) < 4.78 is 0. The normalized spacial score (nSPS) is 26.6. The van der Waals surface area contributed by atoms with Crippen LogP contribution < -0.4 is 10.6 Å². The second kappa shape index (κ2) is 5.71. The molecule has 0 amide bonds. The highest BCUT2D eigenvalue weighted by atomic mass is 14.9. The molecule has 1 saturated heterocycles. The van der Waals surface area contributed by atoms with Gasteiger partial charge in [-0.05, 0) is 94.8 Å². The van der Waals surface area contributed by atoms with Crippen molar-refractivity contribution >= 4 is 0 Å². The molecule has 3 fully saturated rings. The van der Waals surface area contributed by atoms with Gasteiger partial charge in [0.05, 0.1) is 0 Å². The molecule has 2 heteroatoms. The fourth-order valence-corrected chi connectivity index (χ4v) is 3.51. The van der Waals surface area contributed by atoms with Gasteiger partial charge in [0, 0.05) is 0 Å². The molecule has 17 heavy (non-hydrogen) atoms. The van der Waals surface area contributed by atoms with Crippen molar-refractivity contribution in [3.63, 3.8) is 0 Å². The van der Waals surface area contributed by atoms with Gasteiger partial charge < -0.3 is 10.6 Å². The average molecular weight is 236 g/mol. The topological polar surface area (TPSA) is 24.1 Å². The van der Waals surface area contributed by atoms with Crippen LogP contribution in [0.25, 0.3) is 0 Å². The molecule has 0 bridgehead atoms. The zero-order valence-electron chi connectivity index (χ0n) is 11.1. The van der Waals surface area contributed by atoms with Gasteiger partial charge in [0.15, 0.2) is 0 Å². The van der Waals surface area contributed by atoms with Crippen molar-refractivity contribution in [1.29, 1.82) is 0 Å². The summed E-state index contributed by atoms with van der Waals surface area (Å²) in [6.07, 6.45) is 10.3. The van der Waals surface area contributed by atoms with Gasteiger partial charge in [0.1, 0.15) is 0 Å². The zero-order valence-corrected chi connectivity index (χ0v) is 11.1. The van der Waals surface area contributed by atoms with Gasteiger partial charge in [-0.25, -0.2) is 0 Å². The monoisotopic (exact) mass is 236 g/mol. The van der Waals surface area contributed by atoms with Crippen molar-refractivity contribution in [1.82, 2.24) is 10.6 Å². The number of nitrogens with one attached hydrogen (secondary N) is 2. The molecule has 0 aromatic rings. The Morgan fingerprint density at radius 2 is 1.59 bits per heavy atom. The highest BCUT2D eigenvalue weighted by Crippen LogP contribution is 2.48. The first kappa shape index (κ1) is 12.0. The van der Waals surface area contributed by atoms with E-state index < -0.39 is 0 Å². The van der Waals surface area contributed by atoms with Crippen molar-refractivity contribution in [3.05, 3.63) is 0 Å². The predicted molar refractivity (Wildman–Crippen MR) is 72.0 cm³/mol. The minimum Gasteiger partial charge on any atom is -0.317 e. The Hall–Kier alpha value is -0.0800. The summed E-state index contributed by atoms with van der Waals surface area (Å²) in [6, 6.07) is 0. The average Bonchev–Trinajstić information content (AvgIpc) is 3.24. The quantitative estimate of drug-likeness (QED) is 0.663. The lowest BCUT2D eigenvalue weighted by Crippen LogP contribution is -2.31. The van der Waals surface area contributed by atoms with Gasteiger partial charge in [-0.2, -0.15) is 0 Å². The molecular formula is C15H28N2. The number of hydrogen-bond acceptors (Lipinski definition) is 2. The molecule has 0 unspecified atom stereocenters. The van der Waals surface area contributed by atoms with E-state index >= 15 is 0 Å². The van der Waals surface area contributed by atoms with E-state index in [-0.39, 0.29) is 0 Å². The van der Waals surface area contributed by atoms with Crippen LogP contribution in [0.5, 0.6) is 0 Å². The van der Waals surface area contributed by atoms with Crippen LogP contribution in [0.2, 0.25) is 0 Å². The van der Waals surface area contributed by atoms with Crippen LogP contribution in [0.1, 0.15) is 44.9 Å². The molecule has 0 aromatic carbocycles. The Balaban J connectivity index is 1.28. The molecule has 1 aliphatic heterocycles. The van der Waals surface area contributed by atoms with Crippen LogP contribution in [-0.4, -0.2) is 26.2 Å². The van der Waals surface area contributed by atoms with E-state index in [0.29, 0.717) is 0 Å². The molecule has 0 radical (unpaired) electrons. The third-order valence-corrected chi connectivity index (χ3v) is 5.02. The van der Waals surface area contributed by atoms with Crippen LogP contribution in [-0.2, 0) is 0 Å². The van der Waals surface area contributed by atoms with Gasteiger partial charge in [-0.15, -0.1) is 0 Å². The van der Waals surface area contributed by atoms with Gasteiger partial charge in [-0.1, -0.05) is 0 Å². The minimum atomic E-state index is 0.990. The third kappa shape index (κ3) is 3.69. The highest BCUT2D eigenvalue weighted by molar-refractivity contribution is 4.92. The third-order valence-electron chi connectivity index (χ3n) is 5.02. The van der Waals surface area contributed by atoms with Crippen LogP contribution >= 0.6 is 0 Å². The Bertz CT molecular complexity index is 215. The van der Waals surface area contributed by atoms with E-state index in [9.17, 15) is 0 Å². The number of hydrogen-bond donors (Lipinski definition) is 2. The zero-order chi connectivity index (χ0) is 11.5. The minimum absolute atomic E-state index is 0.990. The van der Waals surface area contributed by atoms with Crippen molar-refractivity contribution in [2.75, 3.05) is 26.2 Å². The Kier molecular flexibility index (Phi) is 4.02. The summed E-state index contributed by atoms with van der Waals surface area (Å²) in [5.41, 5.74) is 0. The molecule has 2 N–H and O–H groups in total. The highest BCUT2D eigenvalue weighted by Gasteiger charge is 2.40. The van der Waals surface area contributed by atoms with E-state index in [4.69, 9.17) is 0 Å². The lowest BCUT2D eigenvalue weighted by atomic mass is 9.94. The summed E-state index contributed by atoms with van der Waals surface area (Å²) in [6.45, 7) is 5.08. The first-order chi connectivity index (χ1) is 8.43. The van der Waals surface area contributed by atoms with Crippen molar-refractivity contribution in [2.24, 2.45) is 23.7 Å². The molecule has 3 rings (SSSR count). The van der Waals surface area contributed by atoms with E-state index in [0.717, 1.165) is 23.7 Å². The molecule has 0 atom stereocenters. The molecule has 98 valence electrons. The molecule has 2 nitrogen and oxygen atoms in total. The van der Waals surface area contributed by atoms with Crippen LogP contribution in [0.4, 0.5) is 0 Å². The molecule has 0 spiro atoms. The SMILES string of the molecule is C1CC(CCNCC(C2CC2)C2CC2)CCN1. The lowest BCUT2D eigenvalue weighted by Gasteiger charge is -2.23. The molecule has 1 heterocycles. The largest absolute Gasteiger partial charge is 0.317 e. The van der Waals surface area contributed by atoms with E-state index in [2.05, 4.69) is 10.6 Å². The van der Waals surface area contributed by atoms with Crippen molar-refractivity contribution in [2.45, 2.75) is 44.9 Å². The van der Waals surface area contributed by atoms with Gasteiger partial charge in [0.2, 0.25) is 0 Å². The van der Waals surface area contributed by atoms with Crippen LogP contribution in [0.15, 0.2) is 0 Å². The van der Waals surface area contributed by atoms with Crippen LogP contribution in [0, 0.1) is 23.7 Å². The van der Waals surface area contributed by atoms with Gasteiger partial charge in [-0.3, -0.25) is 0 Å². The molecule has 2 saturated carbocycles. The standard InChI is InChI=1S/C15H28N2/c1-2-13(1)15(14-3-4-14)11-17-10-7-12-5-8-16-9-6-12/h12-17H,1-11H2. The Morgan fingerprint density at radius 3 is 2.18 bits per heavy atom. The first-order valence-corrected chi connectivity index (χ1v) is 7.85. The van der Waals surface area contributed by atoms with Crippen molar-refractivity contribution in [3.8, 4) is 0 Å². The lowest BCUT2D eigenvalue weighted by molar-refractivity contribution is 0.331. The molecule has 3 aliphatic rings. The summed E-state index contributed by atoms with van der Waals surface area (Å²) in [5, 5.41) is 7.20. The maximum Gasteiger partial charge on any atom is -0.00152 e. The smallest absolute Gasteiger partial charge is 0.00152 e. The molecule has 2 aliphatic carbocycles. The summed E-state index contributed by atoms with van der Waals surface area (Å²) >= 11 is 0. The second-order valence-corrected chi connectivity index (χ2v) is 6.52. The molecule has 0 aromatic heterocycles. The summed E-state index contributed by atoms with van der Waals surface area (Å²) in [4.78, 5) is 0. The van der Waals surface area contributed by atoms with Gasteiger partial charge in [0.25, 0.3) is 0 Å².